The van der Waals surface area contributed by atoms with Crippen molar-refractivity contribution in [2.45, 2.75) is 25.7 Å². The van der Waals surface area contributed by atoms with Crippen LogP contribution in [0.3, 0.4) is 0 Å². The molecule has 3 N–H and O–H groups in total. The van der Waals surface area contributed by atoms with Gasteiger partial charge in [0.05, 0.1) is 11.3 Å². The summed E-state index contributed by atoms with van der Waals surface area (Å²) < 4.78 is 0. The maximum absolute atomic E-state index is 9.02. The third-order valence-corrected chi connectivity index (χ3v) is 3.76. The first-order valence-corrected chi connectivity index (χ1v) is 6.82. The highest BCUT2D eigenvalue weighted by atomic mass is 15.0. The number of benzene rings is 1. The molecule has 20 heavy (non-hydrogen) atoms. The summed E-state index contributed by atoms with van der Waals surface area (Å²) in [6, 6.07) is 9.99. The van der Waals surface area contributed by atoms with Crippen LogP contribution in [0.5, 0.6) is 0 Å². The molecule has 0 aliphatic heterocycles. The lowest BCUT2D eigenvalue weighted by Gasteiger charge is -2.20. The molecule has 0 radical (unpaired) electrons. The molecule has 0 saturated carbocycles. The summed E-state index contributed by atoms with van der Waals surface area (Å²) in [6.45, 7) is 0. The van der Waals surface area contributed by atoms with Crippen molar-refractivity contribution in [3.05, 3.63) is 47.2 Å². The van der Waals surface area contributed by atoms with Crippen LogP contribution in [0.2, 0.25) is 0 Å². The molecule has 0 spiro atoms. The molecule has 0 unspecified atom stereocenters. The number of fused-ring (bicyclic) bond motifs is 1. The molecular weight excluding hydrogens is 248 g/mol. The van der Waals surface area contributed by atoms with Crippen LogP contribution in [0.15, 0.2) is 30.5 Å². The zero-order chi connectivity index (χ0) is 13.9. The first-order chi connectivity index (χ1) is 9.79. The molecule has 1 aliphatic carbocycles. The van der Waals surface area contributed by atoms with Gasteiger partial charge in [-0.3, -0.25) is 0 Å². The summed E-state index contributed by atoms with van der Waals surface area (Å²) in [5.41, 5.74) is 10.6. The fourth-order valence-electron chi connectivity index (χ4n) is 2.70. The zero-order valence-electron chi connectivity index (χ0n) is 11.2. The van der Waals surface area contributed by atoms with E-state index >= 15 is 0 Å². The molecule has 3 rings (SSSR count). The number of hydrogen-bond acceptors (Lipinski definition) is 4. The van der Waals surface area contributed by atoms with Crippen LogP contribution in [0.1, 0.15) is 29.5 Å². The van der Waals surface area contributed by atoms with E-state index in [0.717, 1.165) is 18.5 Å². The largest absolute Gasteiger partial charge is 0.395 e. The van der Waals surface area contributed by atoms with Gasteiger partial charge in [0.25, 0.3) is 0 Å². The molecule has 1 aromatic carbocycles. The van der Waals surface area contributed by atoms with Crippen molar-refractivity contribution in [1.29, 1.82) is 5.26 Å². The number of aryl methyl sites for hydroxylation is 1. The molecule has 1 aromatic heterocycles. The van der Waals surface area contributed by atoms with E-state index in [1.807, 2.05) is 6.07 Å². The van der Waals surface area contributed by atoms with E-state index in [2.05, 4.69) is 28.5 Å². The summed E-state index contributed by atoms with van der Waals surface area (Å²) in [5, 5.41) is 12.3. The fourth-order valence-corrected chi connectivity index (χ4v) is 2.70. The lowest BCUT2D eigenvalue weighted by Crippen LogP contribution is -2.08. The van der Waals surface area contributed by atoms with Gasteiger partial charge in [-0.1, -0.05) is 12.1 Å². The Bertz CT molecular complexity index is 685. The summed E-state index contributed by atoms with van der Waals surface area (Å²) in [6.07, 6.45) is 6.28. The average Bonchev–Trinajstić information content (AvgIpc) is 2.50. The van der Waals surface area contributed by atoms with Gasteiger partial charge in [0.1, 0.15) is 6.07 Å². The van der Waals surface area contributed by atoms with Crippen LogP contribution in [0.4, 0.5) is 17.2 Å². The monoisotopic (exact) mass is 264 g/mol. The summed E-state index contributed by atoms with van der Waals surface area (Å²) >= 11 is 0. The van der Waals surface area contributed by atoms with Gasteiger partial charge >= 0.3 is 0 Å². The average molecular weight is 264 g/mol. The molecule has 0 bridgehead atoms. The van der Waals surface area contributed by atoms with Gasteiger partial charge in [-0.15, -0.1) is 0 Å². The van der Waals surface area contributed by atoms with Crippen molar-refractivity contribution in [2.75, 3.05) is 11.1 Å². The lowest BCUT2D eigenvalue weighted by molar-refractivity contribution is 0.687. The second kappa shape index (κ2) is 5.22. The molecule has 100 valence electrons. The van der Waals surface area contributed by atoms with Crippen molar-refractivity contribution in [3.8, 4) is 6.07 Å². The maximum Gasteiger partial charge on any atom is 0.154 e. The van der Waals surface area contributed by atoms with Crippen LogP contribution >= 0.6 is 0 Å². The molecule has 0 amide bonds. The second-order valence-electron chi connectivity index (χ2n) is 5.01. The Labute approximate surface area is 118 Å². The number of nitrogens with two attached hydrogens (primary N) is 1. The van der Waals surface area contributed by atoms with Gasteiger partial charge in [0.2, 0.25) is 0 Å². The Kier molecular flexibility index (Phi) is 3.26. The minimum absolute atomic E-state index is 0.406. The predicted molar refractivity (Wildman–Crippen MR) is 79.7 cm³/mol. The molecule has 4 heteroatoms. The molecule has 0 atom stereocenters. The highest BCUT2D eigenvalue weighted by molar-refractivity contribution is 5.75. The number of aromatic nitrogens is 1. The molecule has 0 fully saturated rings. The topological polar surface area (TPSA) is 74.7 Å². The van der Waals surface area contributed by atoms with Gasteiger partial charge in [-0.2, -0.15) is 5.26 Å². The van der Waals surface area contributed by atoms with Gasteiger partial charge in [0, 0.05) is 11.9 Å². The van der Waals surface area contributed by atoms with Crippen molar-refractivity contribution in [2.24, 2.45) is 0 Å². The predicted octanol–water partition coefficient (Wildman–Crippen LogP) is 3.16. The van der Waals surface area contributed by atoms with Crippen molar-refractivity contribution >= 4 is 17.2 Å². The number of rotatable bonds is 2. The Morgan fingerprint density at radius 3 is 2.90 bits per heavy atom. The maximum atomic E-state index is 9.02. The van der Waals surface area contributed by atoms with Crippen LogP contribution in [0, 0.1) is 11.3 Å². The highest BCUT2D eigenvalue weighted by Crippen LogP contribution is 2.31. The van der Waals surface area contributed by atoms with Crippen LogP contribution in [0.25, 0.3) is 0 Å². The van der Waals surface area contributed by atoms with Gasteiger partial charge in [-0.05, 0) is 48.9 Å². The summed E-state index contributed by atoms with van der Waals surface area (Å²) in [5.74, 6) is 0.558. The zero-order valence-corrected chi connectivity index (χ0v) is 11.2. The van der Waals surface area contributed by atoms with Gasteiger partial charge in [0.15, 0.2) is 5.82 Å². The molecule has 1 aliphatic rings. The molecular formula is C16H16N4. The van der Waals surface area contributed by atoms with Gasteiger partial charge in [-0.25, -0.2) is 4.98 Å². The van der Waals surface area contributed by atoms with Crippen molar-refractivity contribution in [1.82, 2.24) is 4.98 Å². The first kappa shape index (κ1) is 12.5. The molecule has 2 aromatic rings. The molecule has 0 saturated heterocycles. The normalized spacial score (nSPS) is 13.3. The SMILES string of the molecule is N#Cc1ccnc(Nc2cccc3c2CCCC3)c1N. The van der Waals surface area contributed by atoms with E-state index < -0.39 is 0 Å². The Morgan fingerprint density at radius 2 is 2.05 bits per heavy atom. The highest BCUT2D eigenvalue weighted by Gasteiger charge is 2.14. The molecule has 1 heterocycles. The van der Waals surface area contributed by atoms with E-state index in [1.165, 1.54) is 24.0 Å². The Hall–Kier alpha value is -2.54. The Morgan fingerprint density at radius 1 is 1.20 bits per heavy atom. The number of pyridine rings is 1. The van der Waals surface area contributed by atoms with Crippen LogP contribution in [-0.2, 0) is 12.8 Å². The smallest absolute Gasteiger partial charge is 0.154 e. The minimum Gasteiger partial charge on any atom is -0.395 e. The number of nitrogens with one attached hydrogen (secondary N) is 1. The number of hydrogen-bond donors (Lipinski definition) is 2. The third kappa shape index (κ3) is 2.19. The van der Waals surface area contributed by atoms with Crippen molar-refractivity contribution in [3.63, 3.8) is 0 Å². The number of anilines is 3. The molecule has 4 nitrogen and oxygen atoms in total. The summed E-state index contributed by atoms with van der Waals surface area (Å²) in [7, 11) is 0. The minimum atomic E-state index is 0.406. The van der Waals surface area contributed by atoms with Crippen molar-refractivity contribution < 1.29 is 0 Å². The van der Waals surface area contributed by atoms with E-state index in [-0.39, 0.29) is 0 Å². The van der Waals surface area contributed by atoms with Gasteiger partial charge < -0.3 is 11.1 Å². The number of nitrogens with zero attached hydrogens (tertiary/aromatic N) is 2. The lowest BCUT2D eigenvalue weighted by atomic mass is 9.90. The quantitative estimate of drug-likeness (QED) is 0.873. The van der Waals surface area contributed by atoms with E-state index in [4.69, 9.17) is 11.0 Å². The first-order valence-electron chi connectivity index (χ1n) is 6.82. The number of nitrogen functional groups attached to an aromatic ring is 1. The fraction of sp³-hybridized carbons (Fsp3) is 0.250. The van der Waals surface area contributed by atoms with E-state index in [0.29, 0.717) is 17.1 Å². The standard InChI is InChI=1S/C16H16N4/c17-10-12-8-9-19-16(15(12)18)20-14-7-3-5-11-4-1-2-6-13(11)14/h3,5,7-9H,1-2,4,6,18H2,(H,19,20). The summed E-state index contributed by atoms with van der Waals surface area (Å²) in [4.78, 5) is 4.24. The van der Waals surface area contributed by atoms with Crippen LogP contribution in [-0.4, -0.2) is 4.98 Å². The van der Waals surface area contributed by atoms with Crippen LogP contribution < -0.4 is 11.1 Å². The Balaban J connectivity index is 1.98. The van der Waals surface area contributed by atoms with E-state index in [1.54, 1.807) is 12.3 Å². The third-order valence-electron chi connectivity index (χ3n) is 3.76. The second-order valence-corrected chi connectivity index (χ2v) is 5.01. The number of nitriles is 1. The van der Waals surface area contributed by atoms with E-state index in [9.17, 15) is 0 Å².